The number of ether oxygens (including phenoxy) is 3. The number of urea groups is 1. The average molecular weight is 956 g/mol. The van der Waals surface area contributed by atoms with Gasteiger partial charge in [0.25, 0.3) is 0 Å². The van der Waals surface area contributed by atoms with Gasteiger partial charge in [0, 0.05) is 31.7 Å². The quantitative estimate of drug-likeness (QED) is 0.0560. The number of unbranched alkanes of at least 4 members (excludes halogenated alkanes) is 3. The Labute approximate surface area is 391 Å². The van der Waals surface area contributed by atoms with Crippen molar-refractivity contribution in [2.24, 2.45) is 4.99 Å². The number of rotatable bonds is 20. The minimum atomic E-state index is -4.73. The van der Waals surface area contributed by atoms with E-state index in [9.17, 15) is 27.6 Å². The van der Waals surface area contributed by atoms with Gasteiger partial charge in [0.2, 0.25) is 17.7 Å². The van der Waals surface area contributed by atoms with Crippen LogP contribution in [0.25, 0.3) is 0 Å². The monoisotopic (exact) mass is 956 g/mol. The molecule has 3 aliphatic rings. The summed E-state index contributed by atoms with van der Waals surface area (Å²) >= 11 is 0. The van der Waals surface area contributed by atoms with Crippen molar-refractivity contribution in [3.63, 3.8) is 0 Å². The van der Waals surface area contributed by atoms with Crippen molar-refractivity contribution in [1.29, 1.82) is 0 Å². The zero-order valence-corrected chi connectivity index (χ0v) is 42.5. The molecule has 5 amide bonds. The van der Waals surface area contributed by atoms with E-state index in [1.165, 1.54) is 9.80 Å². The number of likely N-dealkylation sites (tertiary alicyclic amines) is 1. The van der Waals surface area contributed by atoms with E-state index in [0.29, 0.717) is 19.4 Å². The lowest BCUT2D eigenvalue weighted by atomic mass is 9.82. The second kappa shape index (κ2) is 22.7. The topological polar surface area (TPSA) is 228 Å². The summed E-state index contributed by atoms with van der Waals surface area (Å²) in [5.41, 5.74) is -3.05. The van der Waals surface area contributed by atoms with Crippen molar-refractivity contribution >= 4 is 40.7 Å². The normalized spacial score (nSPS) is 18.7. The molecule has 2 atom stereocenters. The molecule has 0 saturated carbocycles. The maximum atomic E-state index is 13.9. The second-order valence-corrected chi connectivity index (χ2v) is 21.6. The molecular formula is C44H77N9O12S. The van der Waals surface area contributed by atoms with Gasteiger partial charge in [-0.15, -0.1) is 19.5 Å². The van der Waals surface area contributed by atoms with Gasteiger partial charge < -0.3 is 28.4 Å². The zero-order chi connectivity index (χ0) is 49.3. The van der Waals surface area contributed by atoms with Crippen molar-refractivity contribution in [2.45, 2.75) is 214 Å². The maximum absolute atomic E-state index is 13.9. The number of fused-ring (bicyclic) bond motifs is 2. The summed E-state index contributed by atoms with van der Waals surface area (Å²) in [6, 6.07) is -2.49. The van der Waals surface area contributed by atoms with Crippen LogP contribution >= 0.6 is 0 Å². The van der Waals surface area contributed by atoms with E-state index in [1.54, 1.807) is 72.3 Å². The molecule has 0 unspecified atom stereocenters. The number of nitrogens with zero attached hydrogens (tertiary/aromatic N) is 8. The molecule has 376 valence electrons. The first-order chi connectivity index (χ1) is 30.7. The maximum Gasteiger partial charge on any atom is 0.437 e. The fourth-order valence-corrected chi connectivity index (χ4v) is 9.00. The molecule has 0 spiro atoms. The Hall–Kier alpha value is -4.28. The Morgan fingerprint density at radius 1 is 0.803 bits per heavy atom. The minimum Gasteiger partial charge on any atom is -0.444 e. The largest absolute Gasteiger partial charge is 0.444 e. The molecule has 4 heterocycles. The molecule has 4 rings (SSSR count). The molecule has 0 radical (unpaired) electrons. The third-order valence-electron chi connectivity index (χ3n) is 11.1. The van der Waals surface area contributed by atoms with Crippen LogP contribution in [0.15, 0.2) is 9.41 Å². The van der Waals surface area contributed by atoms with Crippen LogP contribution in [0.4, 0.5) is 19.2 Å². The fourth-order valence-electron chi connectivity index (χ4n) is 8.13. The summed E-state index contributed by atoms with van der Waals surface area (Å²) in [7, 11) is -4.73. The highest BCUT2D eigenvalue weighted by atomic mass is 32.3. The SMILES string of the molecule is CCCCN(OS(=O)(=O)ON1C(=O)N2C[C@@H]1CC[C@H]2c1nnc(CN(C(=O)OC(C)(C)C)C2CN(/C(=N\C(=O)OC(C)(C)C)NC(=O)OC(C)(C)C)C2)o1)C(CCC)(CCCC)CCCC. The summed E-state index contributed by atoms with van der Waals surface area (Å²) in [6.07, 6.45) is 6.75. The highest BCUT2D eigenvalue weighted by Crippen LogP contribution is 2.40. The van der Waals surface area contributed by atoms with Crippen LogP contribution in [-0.4, -0.2) is 134 Å². The van der Waals surface area contributed by atoms with Crippen molar-refractivity contribution in [3.8, 4) is 0 Å². The van der Waals surface area contributed by atoms with Gasteiger partial charge in [-0.25, -0.2) is 19.2 Å². The van der Waals surface area contributed by atoms with E-state index < -0.39 is 75.2 Å². The molecule has 0 aromatic carbocycles. The summed E-state index contributed by atoms with van der Waals surface area (Å²) in [6.45, 7) is 24.3. The van der Waals surface area contributed by atoms with Gasteiger partial charge in [-0.2, -0.15) is 22.8 Å². The number of guanidine groups is 1. The van der Waals surface area contributed by atoms with Crippen molar-refractivity contribution in [3.05, 3.63) is 11.8 Å². The van der Waals surface area contributed by atoms with Crippen LogP contribution in [0.5, 0.6) is 0 Å². The van der Waals surface area contributed by atoms with Crippen LogP contribution < -0.4 is 5.32 Å². The highest BCUT2D eigenvalue weighted by Gasteiger charge is 2.51. The van der Waals surface area contributed by atoms with Gasteiger partial charge in [0.15, 0.2) is 0 Å². The summed E-state index contributed by atoms with van der Waals surface area (Å²) < 4.78 is 61.6. The fraction of sp³-hybridized carbons (Fsp3) is 0.841. The molecular weight excluding hydrogens is 879 g/mol. The van der Waals surface area contributed by atoms with Crippen LogP contribution in [0, 0.1) is 0 Å². The third-order valence-corrected chi connectivity index (χ3v) is 11.8. The third kappa shape index (κ3) is 15.6. The molecule has 1 aromatic heterocycles. The molecule has 21 nitrogen and oxygen atoms in total. The molecule has 3 aliphatic heterocycles. The number of amides is 5. The Morgan fingerprint density at radius 3 is 1.97 bits per heavy atom. The van der Waals surface area contributed by atoms with E-state index >= 15 is 0 Å². The van der Waals surface area contributed by atoms with Gasteiger partial charge in [-0.05, 0) is 101 Å². The Bertz CT molecular complexity index is 1930. The molecule has 22 heteroatoms. The van der Waals surface area contributed by atoms with E-state index in [2.05, 4.69) is 41.3 Å². The first-order valence-electron chi connectivity index (χ1n) is 23.6. The van der Waals surface area contributed by atoms with Gasteiger partial charge >= 0.3 is 34.7 Å². The first-order valence-corrected chi connectivity index (χ1v) is 25.0. The lowest BCUT2D eigenvalue weighted by Crippen LogP contribution is -2.65. The predicted molar refractivity (Wildman–Crippen MR) is 244 cm³/mol. The number of nitrogens with one attached hydrogen (secondary N) is 1. The van der Waals surface area contributed by atoms with Crippen LogP contribution in [0.3, 0.4) is 0 Å². The van der Waals surface area contributed by atoms with Crippen molar-refractivity contribution < 1.29 is 54.8 Å². The number of hydrogen-bond acceptors (Lipinski definition) is 15. The first kappa shape index (κ1) is 54.3. The summed E-state index contributed by atoms with van der Waals surface area (Å²) in [5, 5.41) is 13.5. The van der Waals surface area contributed by atoms with Gasteiger partial charge in [-0.3, -0.25) is 10.2 Å². The summed E-state index contributed by atoms with van der Waals surface area (Å²) in [4.78, 5) is 61.6. The minimum absolute atomic E-state index is 0.0515. The standard InChI is InChI=1S/C44H77N9O12S/c1-14-18-24-44(23-17-4,25-19-15-2)52(26-20-16-3)64-66(58,59)65-53-31-21-22-33(51(29-31)39(53)56)35-48-47-34(60-35)30-50(40(57)63-43(11,12)13)32-27-49(28-32)36(45-37(54)61-41(5,6)7)46-38(55)62-42(8,9)10/h31-33H,14-30H2,1-13H3,(H,45,46,54,55)/t31-,33-/m0/s1. The predicted octanol–water partition coefficient (Wildman–Crippen LogP) is 8.38. The van der Waals surface area contributed by atoms with E-state index in [0.717, 1.165) is 69.3 Å². The molecule has 1 aromatic rings. The second-order valence-electron chi connectivity index (χ2n) is 20.4. The van der Waals surface area contributed by atoms with Gasteiger partial charge in [0.1, 0.15) is 29.4 Å². The van der Waals surface area contributed by atoms with Crippen LogP contribution in [0.2, 0.25) is 0 Å². The number of hydrogen-bond donors (Lipinski definition) is 1. The number of aromatic nitrogens is 2. The Balaban J connectivity index is 1.51. The number of aliphatic imine (C=N–C) groups is 1. The lowest BCUT2D eigenvalue weighted by molar-refractivity contribution is -0.172. The lowest BCUT2D eigenvalue weighted by Gasteiger charge is -2.45. The van der Waals surface area contributed by atoms with Crippen molar-refractivity contribution in [1.82, 2.24) is 40.3 Å². The summed E-state index contributed by atoms with van der Waals surface area (Å²) in [5.74, 6) is 0.0302. The van der Waals surface area contributed by atoms with E-state index in [1.807, 2.05) is 6.92 Å². The molecule has 66 heavy (non-hydrogen) atoms. The smallest absolute Gasteiger partial charge is 0.437 e. The van der Waals surface area contributed by atoms with E-state index in [-0.39, 0.29) is 43.9 Å². The molecule has 3 fully saturated rings. The van der Waals surface area contributed by atoms with Crippen molar-refractivity contribution in [2.75, 3.05) is 26.2 Å². The number of piperidine rings is 1. The van der Waals surface area contributed by atoms with Crippen LogP contribution in [-0.2, 0) is 39.7 Å². The molecule has 2 bridgehead atoms. The molecule has 1 N–H and O–H groups in total. The number of carbonyl (C=O) groups is 4. The Kier molecular flexibility index (Phi) is 18.7. The highest BCUT2D eigenvalue weighted by molar-refractivity contribution is 7.81. The molecule has 3 saturated heterocycles. The number of carbonyl (C=O) groups excluding carboxylic acids is 4. The number of hydroxylamine groups is 4. The van der Waals surface area contributed by atoms with Crippen LogP contribution in [0.1, 0.15) is 185 Å². The average Bonchev–Trinajstić information content (AvgIpc) is 3.72. The van der Waals surface area contributed by atoms with E-state index in [4.69, 9.17) is 27.2 Å². The number of alkyl carbamates (subject to hydrolysis) is 1. The Morgan fingerprint density at radius 2 is 1.41 bits per heavy atom. The zero-order valence-electron chi connectivity index (χ0n) is 41.6. The van der Waals surface area contributed by atoms with Gasteiger partial charge in [0.05, 0.1) is 12.1 Å². The molecule has 0 aliphatic carbocycles. The van der Waals surface area contributed by atoms with Gasteiger partial charge in [-0.1, -0.05) is 66.2 Å².